The van der Waals surface area contributed by atoms with Gasteiger partial charge in [0.15, 0.2) is 0 Å². The van der Waals surface area contributed by atoms with Crippen LogP contribution in [0.5, 0.6) is 0 Å². The predicted octanol–water partition coefficient (Wildman–Crippen LogP) is 1.99. The van der Waals surface area contributed by atoms with Crippen LogP contribution in [-0.4, -0.2) is 29.7 Å². The normalized spacial score (nSPS) is 15.4. The molecular weight excluding hydrogens is 338 g/mol. The van der Waals surface area contributed by atoms with Gasteiger partial charge in [-0.05, 0) is 35.1 Å². The van der Waals surface area contributed by atoms with E-state index in [1.54, 1.807) is 7.05 Å². The molecule has 0 aliphatic carbocycles. The fourth-order valence-electron chi connectivity index (χ4n) is 3.43. The number of primary amides is 1. The van der Waals surface area contributed by atoms with Crippen molar-refractivity contribution in [1.29, 1.82) is 0 Å². The molecule has 2 N–H and O–H groups in total. The number of hydrogen-bond acceptors (Lipinski definition) is 3. The highest BCUT2D eigenvalue weighted by molar-refractivity contribution is 7.89. The molecule has 2 aromatic rings. The van der Waals surface area contributed by atoms with E-state index in [4.69, 9.17) is 5.73 Å². The van der Waals surface area contributed by atoms with E-state index in [2.05, 4.69) is 19.9 Å². The molecule has 6 nitrogen and oxygen atoms in total. The summed E-state index contributed by atoms with van der Waals surface area (Å²) in [7, 11) is -2.06. The van der Waals surface area contributed by atoms with Gasteiger partial charge in [0.2, 0.25) is 10.0 Å². The summed E-state index contributed by atoms with van der Waals surface area (Å²) < 4.78 is 28.8. The van der Waals surface area contributed by atoms with Gasteiger partial charge in [-0.2, -0.15) is 4.31 Å². The molecule has 0 saturated heterocycles. The van der Waals surface area contributed by atoms with Crippen molar-refractivity contribution in [2.45, 2.75) is 37.6 Å². The van der Waals surface area contributed by atoms with E-state index in [1.165, 1.54) is 32.3 Å². The molecule has 0 unspecified atom stereocenters. The first-order valence-corrected chi connectivity index (χ1v) is 9.72. The van der Waals surface area contributed by atoms with Crippen LogP contribution < -0.4 is 5.73 Å². The van der Waals surface area contributed by atoms with Crippen LogP contribution in [0.3, 0.4) is 0 Å². The van der Waals surface area contributed by atoms with Crippen LogP contribution in [0, 0.1) is 0 Å². The SMILES string of the molecule is CC(C)c1cccc2c1CCN(S(=O)(=O)c1cc(C(N)=O)n(C)c1)C2. The summed E-state index contributed by atoms with van der Waals surface area (Å²) in [5.74, 6) is -0.236. The Labute approximate surface area is 148 Å². The minimum Gasteiger partial charge on any atom is -0.364 e. The Morgan fingerprint density at radius 2 is 2.00 bits per heavy atom. The van der Waals surface area contributed by atoms with Crippen molar-refractivity contribution in [3.8, 4) is 0 Å². The van der Waals surface area contributed by atoms with Gasteiger partial charge in [-0.1, -0.05) is 32.0 Å². The van der Waals surface area contributed by atoms with Gasteiger partial charge in [0.1, 0.15) is 10.6 Å². The molecule has 134 valence electrons. The van der Waals surface area contributed by atoms with Gasteiger partial charge in [0.05, 0.1) is 0 Å². The zero-order valence-corrected chi connectivity index (χ0v) is 15.5. The first-order valence-electron chi connectivity index (χ1n) is 8.28. The minimum absolute atomic E-state index is 0.104. The van der Waals surface area contributed by atoms with Gasteiger partial charge in [-0.3, -0.25) is 4.79 Å². The summed E-state index contributed by atoms with van der Waals surface area (Å²) in [6.07, 6.45) is 2.13. The minimum atomic E-state index is -3.67. The Bertz CT molecular complexity index is 929. The van der Waals surface area contributed by atoms with Crippen LogP contribution in [0.15, 0.2) is 35.4 Å². The highest BCUT2D eigenvalue weighted by Crippen LogP contribution is 2.30. The van der Waals surface area contributed by atoms with E-state index in [0.717, 1.165) is 5.56 Å². The fraction of sp³-hybridized carbons (Fsp3) is 0.389. The van der Waals surface area contributed by atoms with E-state index in [9.17, 15) is 13.2 Å². The van der Waals surface area contributed by atoms with Crippen molar-refractivity contribution < 1.29 is 13.2 Å². The summed E-state index contributed by atoms with van der Waals surface area (Å²) in [4.78, 5) is 11.5. The molecule has 1 aliphatic rings. The molecule has 2 heterocycles. The molecule has 1 aromatic heterocycles. The number of rotatable bonds is 4. The molecule has 0 spiro atoms. The second kappa shape index (κ2) is 6.31. The van der Waals surface area contributed by atoms with Crippen molar-refractivity contribution in [2.24, 2.45) is 12.8 Å². The lowest BCUT2D eigenvalue weighted by Crippen LogP contribution is -2.36. The fourth-order valence-corrected chi connectivity index (χ4v) is 4.92. The van der Waals surface area contributed by atoms with Crippen molar-refractivity contribution in [3.05, 3.63) is 52.8 Å². The number of hydrogen-bond donors (Lipinski definition) is 1. The maximum atomic E-state index is 13.0. The number of amides is 1. The standard InChI is InChI=1S/C18H23N3O3S/c1-12(2)15-6-4-5-13-10-21(8-7-16(13)15)25(23,24)14-9-17(18(19)22)20(3)11-14/h4-6,9,11-12H,7-8,10H2,1-3H3,(H2,19,22). The van der Waals surface area contributed by atoms with Crippen molar-refractivity contribution >= 4 is 15.9 Å². The Balaban J connectivity index is 1.94. The van der Waals surface area contributed by atoms with Gasteiger partial charge in [0, 0.05) is 26.3 Å². The lowest BCUT2D eigenvalue weighted by Gasteiger charge is -2.30. The van der Waals surface area contributed by atoms with E-state index in [-0.39, 0.29) is 10.6 Å². The number of aromatic nitrogens is 1. The monoisotopic (exact) mass is 361 g/mol. The second-order valence-corrected chi connectivity index (χ2v) is 8.70. The molecule has 1 aliphatic heterocycles. The van der Waals surface area contributed by atoms with E-state index >= 15 is 0 Å². The van der Waals surface area contributed by atoms with Gasteiger partial charge in [-0.15, -0.1) is 0 Å². The highest BCUT2D eigenvalue weighted by Gasteiger charge is 2.31. The predicted molar refractivity (Wildman–Crippen MR) is 95.8 cm³/mol. The summed E-state index contributed by atoms with van der Waals surface area (Å²) in [5, 5.41) is 0. The zero-order chi connectivity index (χ0) is 18.4. The van der Waals surface area contributed by atoms with Gasteiger partial charge in [-0.25, -0.2) is 8.42 Å². The number of benzene rings is 1. The third-order valence-corrected chi connectivity index (χ3v) is 6.57. The third kappa shape index (κ3) is 3.09. The van der Waals surface area contributed by atoms with Crippen LogP contribution in [-0.2, 0) is 30.0 Å². The van der Waals surface area contributed by atoms with Crippen molar-refractivity contribution in [1.82, 2.24) is 8.87 Å². The second-order valence-electron chi connectivity index (χ2n) is 6.76. The average molecular weight is 361 g/mol. The maximum Gasteiger partial charge on any atom is 0.265 e. The van der Waals surface area contributed by atoms with E-state index in [1.807, 2.05) is 12.1 Å². The van der Waals surface area contributed by atoms with E-state index in [0.29, 0.717) is 25.4 Å². The number of sulfonamides is 1. The molecular formula is C18H23N3O3S. The average Bonchev–Trinajstić information content (AvgIpc) is 2.96. The summed E-state index contributed by atoms with van der Waals surface area (Å²) in [6.45, 7) is 5.07. The molecule has 0 bridgehead atoms. The zero-order valence-electron chi connectivity index (χ0n) is 14.7. The summed E-state index contributed by atoms with van der Waals surface area (Å²) >= 11 is 0. The number of carbonyl (C=O) groups is 1. The third-order valence-electron chi connectivity index (χ3n) is 4.76. The Morgan fingerprint density at radius 3 is 2.60 bits per heavy atom. The number of aryl methyl sites for hydroxylation is 1. The molecule has 1 aromatic carbocycles. The topological polar surface area (TPSA) is 85.4 Å². The smallest absolute Gasteiger partial charge is 0.265 e. The lowest BCUT2D eigenvalue weighted by molar-refractivity contribution is 0.0992. The number of nitrogens with two attached hydrogens (primary N) is 1. The van der Waals surface area contributed by atoms with Crippen molar-refractivity contribution in [3.63, 3.8) is 0 Å². The largest absolute Gasteiger partial charge is 0.364 e. The van der Waals surface area contributed by atoms with Crippen molar-refractivity contribution in [2.75, 3.05) is 6.54 Å². The molecule has 0 fully saturated rings. The Kier molecular flexibility index (Phi) is 4.47. The lowest BCUT2D eigenvalue weighted by atomic mass is 9.90. The first-order chi connectivity index (χ1) is 11.7. The molecule has 3 rings (SSSR count). The number of carbonyl (C=O) groups excluding carboxylic acids is 1. The Morgan fingerprint density at radius 1 is 1.28 bits per heavy atom. The van der Waals surface area contributed by atoms with Crippen LogP contribution in [0.25, 0.3) is 0 Å². The number of fused-ring (bicyclic) bond motifs is 1. The van der Waals surface area contributed by atoms with Crippen LogP contribution >= 0.6 is 0 Å². The summed E-state index contributed by atoms with van der Waals surface area (Å²) in [6, 6.07) is 7.43. The number of nitrogens with zero attached hydrogens (tertiary/aromatic N) is 2. The first kappa shape index (κ1) is 17.7. The molecule has 7 heteroatoms. The molecule has 0 atom stereocenters. The van der Waals surface area contributed by atoms with Gasteiger partial charge >= 0.3 is 0 Å². The van der Waals surface area contributed by atoms with Crippen LogP contribution in [0.4, 0.5) is 0 Å². The van der Waals surface area contributed by atoms with Crippen LogP contribution in [0.2, 0.25) is 0 Å². The Hall–Kier alpha value is -2.12. The molecule has 0 radical (unpaired) electrons. The van der Waals surface area contributed by atoms with Gasteiger partial charge in [0.25, 0.3) is 5.91 Å². The van der Waals surface area contributed by atoms with E-state index < -0.39 is 15.9 Å². The summed E-state index contributed by atoms with van der Waals surface area (Å²) in [5.41, 5.74) is 9.06. The quantitative estimate of drug-likeness (QED) is 0.904. The highest BCUT2D eigenvalue weighted by atomic mass is 32.2. The maximum absolute atomic E-state index is 13.0. The molecule has 25 heavy (non-hydrogen) atoms. The molecule has 0 saturated carbocycles. The van der Waals surface area contributed by atoms with Crippen LogP contribution in [0.1, 0.15) is 46.9 Å². The van der Waals surface area contributed by atoms with Gasteiger partial charge < -0.3 is 10.3 Å². The molecule has 1 amide bonds.